The third-order valence-electron chi connectivity index (χ3n) is 1.44. The molecule has 0 spiro atoms. The van der Waals surface area contributed by atoms with Gasteiger partial charge >= 0.3 is 0 Å². The fourth-order valence-electron chi connectivity index (χ4n) is 0.910. The van der Waals surface area contributed by atoms with Crippen molar-refractivity contribution in [2.24, 2.45) is 0 Å². The molecule has 0 bridgehead atoms. The van der Waals surface area contributed by atoms with Crippen LogP contribution < -0.4 is 5.32 Å². The Balaban J connectivity index is 3.60. The van der Waals surface area contributed by atoms with E-state index in [2.05, 4.69) is 12.2 Å². The van der Waals surface area contributed by atoms with Crippen molar-refractivity contribution in [1.82, 2.24) is 10.2 Å². The molecule has 0 fully saturated rings. The van der Waals surface area contributed by atoms with E-state index < -0.39 is 6.23 Å². The van der Waals surface area contributed by atoms with Gasteiger partial charge in [0.05, 0.1) is 6.17 Å². The maximum absolute atomic E-state index is 8.96. The van der Waals surface area contributed by atoms with Crippen molar-refractivity contribution >= 4 is 0 Å². The topological polar surface area (TPSA) is 35.5 Å². The van der Waals surface area contributed by atoms with Crippen LogP contribution in [0.25, 0.3) is 0 Å². The highest BCUT2D eigenvalue weighted by Crippen LogP contribution is 1.94. The summed E-state index contributed by atoms with van der Waals surface area (Å²) in [5.74, 6) is 0. The number of aliphatic hydroxyl groups is 1. The number of rotatable bonds is 4. The summed E-state index contributed by atoms with van der Waals surface area (Å²) >= 11 is 0. The van der Waals surface area contributed by atoms with E-state index in [0.29, 0.717) is 0 Å². The zero-order valence-corrected chi connectivity index (χ0v) is 7.26. The number of hydrogen-bond donors (Lipinski definition) is 2. The maximum atomic E-state index is 8.96. The lowest BCUT2D eigenvalue weighted by atomic mass is 10.3. The Hall–Kier alpha value is -0.120. The van der Waals surface area contributed by atoms with Crippen LogP contribution in [0.3, 0.4) is 0 Å². The summed E-state index contributed by atoms with van der Waals surface area (Å²) in [4.78, 5) is 2.05. The first-order valence-electron chi connectivity index (χ1n) is 3.68. The second-order valence-electron chi connectivity index (χ2n) is 2.73. The van der Waals surface area contributed by atoms with Crippen LogP contribution >= 0.6 is 0 Å². The quantitative estimate of drug-likeness (QED) is 0.557. The van der Waals surface area contributed by atoms with Crippen molar-refractivity contribution in [3.05, 3.63) is 0 Å². The van der Waals surface area contributed by atoms with Crippen LogP contribution in [0.15, 0.2) is 0 Å². The van der Waals surface area contributed by atoms with Gasteiger partial charge in [-0.3, -0.25) is 10.2 Å². The molecule has 0 aromatic carbocycles. The van der Waals surface area contributed by atoms with Gasteiger partial charge in [0, 0.05) is 0 Å². The number of aliphatic hydroxyl groups excluding tert-OH is 1. The van der Waals surface area contributed by atoms with Crippen molar-refractivity contribution < 1.29 is 5.11 Å². The Morgan fingerprint density at radius 1 is 1.50 bits per heavy atom. The number of hydrogen-bond acceptors (Lipinski definition) is 3. The fourth-order valence-corrected chi connectivity index (χ4v) is 0.910. The molecule has 2 atom stereocenters. The highest BCUT2D eigenvalue weighted by molar-refractivity contribution is 4.60. The smallest absolute Gasteiger partial charge is 0.103 e. The van der Waals surface area contributed by atoms with E-state index in [1.807, 2.05) is 19.0 Å². The molecule has 0 rings (SSSR count). The Morgan fingerprint density at radius 3 is 2.10 bits per heavy atom. The van der Waals surface area contributed by atoms with Crippen LogP contribution in [0.5, 0.6) is 0 Å². The molecule has 0 aromatic rings. The summed E-state index contributed by atoms with van der Waals surface area (Å²) in [5, 5.41) is 12.0. The molecule has 0 saturated carbocycles. The highest BCUT2D eigenvalue weighted by Gasteiger charge is 2.08. The van der Waals surface area contributed by atoms with Crippen molar-refractivity contribution in [2.75, 3.05) is 14.1 Å². The number of nitrogens with zero attached hydrogens (tertiary/aromatic N) is 1. The second-order valence-corrected chi connectivity index (χ2v) is 2.73. The van der Waals surface area contributed by atoms with E-state index in [-0.39, 0.29) is 6.17 Å². The van der Waals surface area contributed by atoms with E-state index in [9.17, 15) is 0 Å². The standard InChI is InChI=1S/C7H18N2O/c1-5-7(9(3)4)8-6(2)10/h6-8,10H,5H2,1-4H3. The summed E-state index contributed by atoms with van der Waals surface area (Å²) in [7, 11) is 3.98. The van der Waals surface area contributed by atoms with Gasteiger partial charge in [0.15, 0.2) is 0 Å². The normalized spacial score (nSPS) is 17.4. The SMILES string of the molecule is CCC(NC(C)O)N(C)C. The Bertz CT molecular complexity index is 83.7. The minimum Gasteiger partial charge on any atom is -0.379 e. The van der Waals surface area contributed by atoms with Gasteiger partial charge in [-0.15, -0.1) is 0 Å². The van der Waals surface area contributed by atoms with Crippen molar-refractivity contribution in [3.63, 3.8) is 0 Å². The Kier molecular flexibility index (Phi) is 4.60. The van der Waals surface area contributed by atoms with Gasteiger partial charge in [0.25, 0.3) is 0 Å². The minimum absolute atomic E-state index is 0.278. The average Bonchev–Trinajstić information content (AvgIpc) is 1.81. The Labute approximate surface area is 63.0 Å². The molecule has 10 heavy (non-hydrogen) atoms. The van der Waals surface area contributed by atoms with Gasteiger partial charge in [-0.25, -0.2) is 0 Å². The van der Waals surface area contributed by atoms with E-state index in [0.717, 1.165) is 6.42 Å². The molecule has 0 aliphatic heterocycles. The van der Waals surface area contributed by atoms with Crippen LogP contribution in [0.4, 0.5) is 0 Å². The molecule has 62 valence electrons. The first kappa shape index (κ1) is 9.88. The zero-order chi connectivity index (χ0) is 8.15. The summed E-state index contributed by atoms with van der Waals surface area (Å²) in [6.45, 7) is 3.81. The van der Waals surface area contributed by atoms with Gasteiger partial charge < -0.3 is 5.11 Å². The molecule has 0 aliphatic rings. The lowest BCUT2D eigenvalue weighted by Gasteiger charge is -2.25. The summed E-state index contributed by atoms with van der Waals surface area (Å²) < 4.78 is 0. The molecule has 2 N–H and O–H groups in total. The predicted octanol–water partition coefficient (Wildman–Crippen LogP) is 0.212. The molecule has 3 heteroatoms. The van der Waals surface area contributed by atoms with Gasteiger partial charge in [-0.2, -0.15) is 0 Å². The third-order valence-corrected chi connectivity index (χ3v) is 1.44. The molecule has 0 amide bonds. The number of nitrogens with one attached hydrogen (secondary N) is 1. The lowest BCUT2D eigenvalue weighted by molar-refractivity contribution is 0.0976. The fraction of sp³-hybridized carbons (Fsp3) is 1.00. The van der Waals surface area contributed by atoms with E-state index in [1.165, 1.54) is 0 Å². The van der Waals surface area contributed by atoms with E-state index in [4.69, 9.17) is 5.11 Å². The van der Waals surface area contributed by atoms with Gasteiger partial charge in [0.1, 0.15) is 6.23 Å². The first-order valence-corrected chi connectivity index (χ1v) is 3.68. The molecule has 0 aliphatic carbocycles. The zero-order valence-electron chi connectivity index (χ0n) is 7.26. The molecular weight excluding hydrogens is 128 g/mol. The van der Waals surface area contributed by atoms with E-state index >= 15 is 0 Å². The maximum Gasteiger partial charge on any atom is 0.103 e. The molecule has 0 saturated heterocycles. The van der Waals surface area contributed by atoms with Crippen LogP contribution in [0.2, 0.25) is 0 Å². The van der Waals surface area contributed by atoms with Gasteiger partial charge in [-0.05, 0) is 27.4 Å². The average molecular weight is 146 g/mol. The summed E-state index contributed by atoms with van der Waals surface area (Å²) in [6, 6.07) is 0. The van der Waals surface area contributed by atoms with Crippen LogP contribution in [-0.4, -0.2) is 36.5 Å². The molecule has 2 unspecified atom stereocenters. The van der Waals surface area contributed by atoms with E-state index in [1.54, 1.807) is 6.92 Å². The van der Waals surface area contributed by atoms with Gasteiger partial charge in [-0.1, -0.05) is 6.92 Å². The Morgan fingerprint density at radius 2 is 2.00 bits per heavy atom. The predicted molar refractivity (Wildman–Crippen MR) is 42.6 cm³/mol. The third kappa shape index (κ3) is 3.82. The molecule has 0 heterocycles. The largest absolute Gasteiger partial charge is 0.379 e. The lowest BCUT2D eigenvalue weighted by Crippen LogP contribution is -2.45. The highest BCUT2D eigenvalue weighted by atomic mass is 16.3. The van der Waals surface area contributed by atoms with Gasteiger partial charge in [0.2, 0.25) is 0 Å². The van der Waals surface area contributed by atoms with Crippen LogP contribution in [0.1, 0.15) is 20.3 Å². The minimum atomic E-state index is -0.424. The van der Waals surface area contributed by atoms with Crippen molar-refractivity contribution in [3.8, 4) is 0 Å². The molecule has 3 nitrogen and oxygen atoms in total. The van der Waals surface area contributed by atoms with Crippen LogP contribution in [0, 0.1) is 0 Å². The van der Waals surface area contributed by atoms with Crippen LogP contribution in [-0.2, 0) is 0 Å². The monoisotopic (exact) mass is 146 g/mol. The first-order chi connectivity index (χ1) is 4.57. The second kappa shape index (κ2) is 4.66. The summed E-state index contributed by atoms with van der Waals surface area (Å²) in [6.07, 6.45) is 0.852. The van der Waals surface area contributed by atoms with Crippen molar-refractivity contribution in [2.45, 2.75) is 32.7 Å². The summed E-state index contributed by atoms with van der Waals surface area (Å²) in [5.41, 5.74) is 0. The molecule has 0 aromatic heterocycles. The van der Waals surface area contributed by atoms with Crippen molar-refractivity contribution in [1.29, 1.82) is 0 Å². The molecule has 0 radical (unpaired) electrons. The molecular formula is C7H18N2O.